The molecule has 0 atom stereocenters. The van der Waals surface area contributed by atoms with Crippen molar-refractivity contribution < 1.29 is 14.3 Å². The lowest BCUT2D eigenvalue weighted by Gasteiger charge is -2.26. The van der Waals surface area contributed by atoms with Crippen molar-refractivity contribution in [3.63, 3.8) is 0 Å². The van der Waals surface area contributed by atoms with Gasteiger partial charge in [0.05, 0.1) is 32.1 Å². The lowest BCUT2D eigenvalue weighted by molar-refractivity contribution is 0.0348. The van der Waals surface area contributed by atoms with Crippen molar-refractivity contribution in [3.05, 3.63) is 80.6 Å². The Morgan fingerprint density at radius 2 is 1.81 bits per heavy atom. The predicted molar refractivity (Wildman–Crippen MR) is 144 cm³/mol. The summed E-state index contributed by atoms with van der Waals surface area (Å²) in [5.74, 6) is 0. The molecule has 0 aliphatic carbocycles. The fourth-order valence-corrected chi connectivity index (χ4v) is 4.30. The first kappa shape index (κ1) is 28.0. The van der Waals surface area contributed by atoms with Gasteiger partial charge in [0.15, 0.2) is 0 Å². The normalized spacial score (nSPS) is 13.6. The molecule has 2 heterocycles. The number of morpholine rings is 1. The number of aromatic nitrogens is 2. The Balaban J connectivity index is 0.00000361. The number of anilines is 1. The standard InChI is InChI=1S/C25H26Cl2N4O4.ClH/c26-20-14-19(15-21(27)16-20)23-5-6-24(32)31(29-23)17-18-3-1-4-22(13-18)28-25(33)35-10-2-7-30-8-11-34-12-9-30;/h1,3-6,13-16H,2,7-12,17H2,(H,28,33);1H. The molecule has 11 heteroatoms. The highest BCUT2D eigenvalue weighted by Gasteiger charge is 2.11. The quantitative estimate of drug-likeness (QED) is 0.397. The molecule has 4 rings (SSSR count). The fraction of sp³-hybridized carbons (Fsp3) is 0.320. The van der Waals surface area contributed by atoms with Crippen molar-refractivity contribution >= 4 is 47.4 Å². The topological polar surface area (TPSA) is 85.7 Å². The summed E-state index contributed by atoms with van der Waals surface area (Å²) in [7, 11) is 0. The summed E-state index contributed by atoms with van der Waals surface area (Å²) in [5, 5.41) is 8.17. The zero-order chi connectivity index (χ0) is 24.6. The Kier molecular flexibility index (Phi) is 10.6. The zero-order valence-corrected chi connectivity index (χ0v) is 21.8. The van der Waals surface area contributed by atoms with Crippen molar-refractivity contribution in [2.45, 2.75) is 13.0 Å². The van der Waals surface area contributed by atoms with Crippen LogP contribution in [0.4, 0.5) is 10.5 Å². The number of amides is 1. The molecule has 1 N–H and O–H groups in total. The molecule has 0 radical (unpaired) electrons. The molecular weight excluding hydrogens is 527 g/mol. The number of carbonyl (C=O) groups excluding carboxylic acids is 1. The SMILES string of the molecule is Cl.O=C(Nc1cccc(Cn2nc(-c3cc(Cl)cc(Cl)c3)ccc2=O)c1)OCCCN1CCOCC1. The summed E-state index contributed by atoms with van der Waals surface area (Å²) in [6.45, 7) is 4.75. The van der Waals surface area contributed by atoms with Crippen LogP contribution in [0, 0.1) is 0 Å². The van der Waals surface area contributed by atoms with E-state index in [-0.39, 0.29) is 24.5 Å². The number of hydrogen-bond donors (Lipinski definition) is 1. The molecule has 3 aromatic rings. The van der Waals surface area contributed by atoms with Gasteiger partial charge in [0.25, 0.3) is 5.56 Å². The van der Waals surface area contributed by atoms with Crippen LogP contribution in [0.3, 0.4) is 0 Å². The van der Waals surface area contributed by atoms with Gasteiger partial charge in [-0.3, -0.25) is 15.0 Å². The van der Waals surface area contributed by atoms with Crippen LogP contribution in [0.25, 0.3) is 11.3 Å². The van der Waals surface area contributed by atoms with Gasteiger partial charge >= 0.3 is 6.09 Å². The first-order valence-electron chi connectivity index (χ1n) is 11.3. The summed E-state index contributed by atoms with van der Waals surface area (Å²) >= 11 is 12.2. The van der Waals surface area contributed by atoms with Gasteiger partial charge < -0.3 is 9.47 Å². The van der Waals surface area contributed by atoms with Crippen molar-refractivity contribution in [3.8, 4) is 11.3 Å². The van der Waals surface area contributed by atoms with Crippen molar-refractivity contribution in [2.75, 3.05) is 44.8 Å². The van der Waals surface area contributed by atoms with Crippen molar-refractivity contribution in [1.82, 2.24) is 14.7 Å². The molecule has 8 nitrogen and oxygen atoms in total. The van der Waals surface area contributed by atoms with E-state index >= 15 is 0 Å². The molecule has 1 amide bonds. The predicted octanol–water partition coefficient (Wildman–Crippen LogP) is 4.96. The highest BCUT2D eigenvalue weighted by molar-refractivity contribution is 6.35. The van der Waals surface area contributed by atoms with E-state index in [9.17, 15) is 9.59 Å². The van der Waals surface area contributed by atoms with E-state index in [4.69, 9.17) is 32.7 Å². The van der Waals surface area contributed by atoms with E-state index in [0.717, 1.165) is 44.8 Å². The number of nitrogens with one attached hydrogen (secondary N) is 1. The molecule has 0 unspecified atom stereocenters. The highest BCUT2D eigenvalue weighted by Crippen LogP contribution is 2.25. The average molecular weight is 554 g/mol. The molecule has 1 fully saturated rings. The number of rotatable bonds is 8. The molecule has 36 heavy (non-hydrogen) atoms. The van der Waals surface area contributed by atoms with Gasteiger partial charge in [-0.05, 0) is 48.4 Å². The van der Waals surface area contributed by atoms with Gasteiger partial charge in [-0.25, -0.2) is 9.48 Å². The van der Waals surface area contributed by atoms with E-state index in [0.29, 0.717) is 33.6 Å². The minimum absolute atomic E-state index is 0. The molecule has 1 aliphatic rings. The lowest BCUT2D eigenvalue weighted by Crippen LogP contribution is -2.37. The molecule has 0 spiro atoms. The second-order valence-electron chi connectivity index (χ2n) is 8.14. The minimum atomic E-state index is -0.515. The number of nitrogens with zero attached hydrogens (tertiary/aromatic N) is 3. The summed E-state index contributed by atoms with van der Waals surface area (Å²) in [4.78, 5) is 26.9. The Morgan fingerprint density at radius 3 is 2.56 bits per heavy atom. The molecule has 0 bridgehead atoms. The summed E-state index contributed by atoms with van der Waals surface area (Å²) in [6.07, 6.45) is 0.246. The van der Waals surface area contributed by atoms with Gasteiger partial charge in [0, 0.05) is 47.0 Å². The number of benzene rings is 2. The number of hydrogen-bond acceptors (Lipinski definition) is 6. The second-order valence-corrected chi connectivity index (χ2v) is 9.01. The van der Waals surface area contributed by atoms with Crippen molar-refractivity contribution in [2.24, 2.45) is 0 Å². The maximum absolute atomic E-state index is 12.4. The summed E-state index contributed by atoms with van der Waals surface area (Å²) < 4.78 is 12.0. The Morgan fingerprint density at radius 1 is 1.06 bits per heavy atom. The molecule has 1 saturated heterocycles. The van der Waals surface area contributed by atoms with Crippen LogP contribution >= 0.6 is 35.6 Å². The third-order valence-corrected chi connectivity index (χ3v) is 5.92. The third kappa shape index (κ3) is 8.21. The number of halogens is 3. The maximum atomic E-state index is 12.4. The minimum Gasteiger partial charge on any atom is -0.449 e. The molecule has 0 saturated carbocycles. The van der Waals surface area contributed by atoms with Gasteiger partial charge in [-0.1, -0.05) is 35.3 Å². The average Bonchev–Trinajstić information content (AvgIpc) is 2.83. The van der Waals surface area contributed by atoms with Crippen LogP contribution < -0.4 is 10.9 Å². The number of ether oxygens (including phenoxy) is 2. The van der Waals surface area contributed by atoms with Crippen LogP contribution in [-0.2, 0) is 16.0 Å². The number of carbonyl (C=O) groups is 1. The second kappa shape index (κ2) is 13.6. The molecule has 192 valence electrons. The summed E-state index contributed by atoms with van der Waals surface area (Å²) in [5.41, 5.74) is 2.41. The van der Waals surface area contributed by atoms with Crippen LogP contribution in [0.5, 0.6) is 0 Å². The van der Waals surface area contributed by atoms with Gasteiger partial charge in [-0.2, -0.15) is 5.10 Å². The summed E-state index contributed by atoms with van der Waals surface area (Å²) in [6, 6.07) is 15.4. The molecule has 2 aromatic carbocycles. The van der Waals surface area contributed by atoms with Crippen LogP contribution in [0.15, 0.2) is 59.4 Å². The van der Waals surface area contributed by atoms with E-state index < -0.39 is 6.09 Å². The molecular formula is C25H27Cl3N4O4. The molecule has 1 aliphatic heterocycles. The van der Waals surface area contributed by atoms with E-state index in [1.807, 2.05) is 6.07 Å². The van der Waals surface area contributed by atoms with E-state index in [1.54, 1.807) is 42.5 Å². The lowest BCUT2D eigenvalue weighted by atomic mass is 10.1. The highest BCUT2D eigenvalue weighted by atomic mass is 35.5. The van der Waals surface area contributed by atoms with Crippen LogP contribution in [-0.4, -0.2) is 60.2 Å². The van der Waals surface area contributed by atoms with Crippen molar-refractivity contribution in [1.29, 1.82) is 0 Å². The van der Waals surface area contributed by atoms with E-state index in [1.165, 1.54) is 10.7 Å². The fourth-order valence-electron chi connectivity index (χ4n) is 3.77. The Hall–Kier alpha value is -2.62. The van der Waals surface area contributed by atoms with Crippen LogP contribution in [0.2, 0.25) is 10.0 Å². The van der Waals surface area contributed by atoms with Gasteiger partial charge in [-0.15, -0.1) is 12.4 Å². The first-order valence-corrected chi connectivity index (χ1v) is 12.1. The maximum Gasteiger partial charge on any atom is 0.411 e. The smallest absolute Gasteiger partial charge is 0.411 e. The third-order valence-electron chi connectivity index (χ3n) is 5.49. The van der Waals surface area contributed by atoms with Crippen LogP contribution in [0.1, 0.15) is 12.0 Å². The Bertz CT molecular complexity index is 1210. The largest absolute Gasteiger partial charge is 0.449 e. The van der Waals surface area contributed by atoms with E-state index in [2.05, 4.69) is 15.3 Å². The molecule has 1 aromatic heterocycles. The Labute approximate surface area is 225 Å². The first-order chi connectivity index (χ1) is 17.0. The van der Waals surface area contributed by atoms with Gasteiger partial charge in [0.1, 0.15) is 0 Å². The van der Waals surface area contributed by atoms with Gasteiger partial charge in [0.2, 0.25) is 0 Å². The zero-order valence-electron chi connectivity index (χ0n) is 19.5. The monoisotopic (exact) mass is 552 g/mol.